The molecular formula is C14H25O. The second kappa shape index (κ2) is 13.4. The lowest BCUT2D eigenvalue weighted by molar-refractivity contribution is 0.283. The zero-order valence-electron chi connectivity index (χ0n) is 10.2. The SMILES string of the molecule is [CH2]CCOC#CCCCCCCCCC. The van der Waals surface area contributed by atoms with Gasteiger partial charge in [0.1, 0.15) is 12.7 Å². The van der Waals surface area contributed by atoms with E-state index < -0.39 is 0 Å². The molecule has 0 unspecified atom stereocenters. The molecule has 1 radical (unpaired) electrons. The Morgan fingerprint density at radius 1 is 1.00 bits per heavy atom. The number of unbranched alkanes of at least 4 members (excludes halogenated alkanes) is 7. The minimum Gasteiger partial charge on any atom is -0.447 e. The van der Waals surface area contributed by atoms with E-state index in [2.05, 4.69) is 25.9 Å². The van der Waals surface area contributed by atoms with Crippen LogP contribution in [-0.4, -0.2) is 6.61 Å². The predicted molar refractivity (Wildman–Crippen MR) is 66.3 cm³/mol. The quantitative estimate of drug-likeness (QED) is 0.406. The molecule has 15 heavy (non-hydrogen) atoms. The Bertz CT molecular complexity index is 164. The van der Waals surface area contributed by atoms with Crippen molar-refractivity contribution in [3.8, 4) is 12.0 Å². The highest BCUT2D eigenvalue weighted by Crippen LogP contribution is 2.07. The first-order chi connectivity index (χ1) is 7.41. The minimum atomic E-state index is 0.657. The van der Waals surface area contributed by atoms with Crippen molar-refractivity contribution in [1.82, 2.24) is 0 Å². The van der Waals surface area contributed by atoms with Crippen molar-refractivity contribution < 1.29 is 4.74 Å². The van der Waals surface area contributed by atoms with Crippen molar-refractivity contribution in [2.75, 3.05) is 6.61 Å². The van der Waals surface area contributed by atoms with Crippen LogP contribution in [0.5, 0.6) is 0 Å². The van der Waals surface area contributed by atoms with Gasteiger partial charge in [0.05, 0.1) is 0 Å². The topological polar surface area (TPSA) is 9.23 Å². The van der Waals surface area contributed by atoms with Crippen LogP contribution >= 0.6 is 0 Å². The fourth-order valence-electron chi connectivity index (χ4n) is 1.40. The van der Waals surface area contributed by atoms with Gasteiger partial charge in [-0.25, -0.2) is 0 Å². The van der Waals surface area contributed by atoms with Gasteiger partial charge in [-0.1, -0.05) is 51.4 Å². The van der Waals surface area contributed by atoms with Crippen LogP contribution in [0.4, 0.5) is 0 Å². The lowest BCUT2D eigenvalue weighted by Crippen LogP contribution is -1.83. The molecule has 1 heteroatoms. The second-order valence-electron chi connectivity index (χ2n) is 3.85. The third-order valence-corrected chi connectivity index (χ3v) is 2.30. The summed E-state index contributed by atoms with van der Waals surface area (Å²) in [6, 6.07) is 0. The molecule has 0 spiro atoms. The highest BCUT2D eigenvalue weighted by Gasteiger charge is 1.89. The van der Waals surface area contributed by atoms with Crippen LogP contribution in [0.25, 0.3) is 0 Å². The van der Waals surface area contributed by atoms with Gasteiger partial charge in [-0.3, -0.25) is 0 Å². The fraction of sp³-hybridized carbons (Fsp3) is 0.786. The van der Waals surface area contributed by atoms with Gasteiger partial charge in [-0.15, -0.1) is 0 Å². The van der Waals surface area contributed by atoms with Gasteiger partial charge < -0.3 is 4.74 Å². The molecule has 0 bridgehead atoms. The number of hydrogen-bond donors (Lipinski definition) is 0. The molecule has 0 saturated heterocycles. The highest BCUT2D eigenvalue weighted by atomic mass is 16.5. The van der Waals surface area contributed by atoms with Crippen LogP contribution in [0.2, 0.25) is 0 Å². The Morgan fingerprint density at radius 3 is 2.33 bits per heavy atom. The molecule has 1 nitrogen and oxygen atoms in total. The van der Waals surface area contributed by atoms with E-state index >= 15 is 0 Å². The summed E-state index contributed by atoms with van der Waals surface area (Å²) in [7, 11) is 0. The van der Waals surface area contributed by atoms with E-state index in [4.69, 9.17) is 4.74 Å². The Labute approximate surface area is 95.6 Å². The zero-order valence-corrected chi connectivity index (χ0v) is 10.2. The van der Waals surface area contributed by atoms with Crippen LogP contribution in [0.1, 0.15) is 64.7 Å². The molecule has 0 aliphatic carbocycles. The van der Waals surface area contributed by atoms with Crippen molar-refractivity contribution in [2.45, 2.75) is 64.7 Å². The summed E-state index contributed by atoms with van der Waals surface area (Å²) in [6.07, 6.45) is 13.9. The van der Waals surface area contributed by atoms with Crippen molar-refractivity contribution in [2.24, 2.45) is 0 Å². The Morgan fingerprint density at radius 2 is 1.67 bits per heavy atom. The lowest BCUT2D eigenvalue weighted by atomic mass is 10.1. The number of hydrogen-bond acceptors (Lipinski definition) is 1. The molecule has 0 saturated carbocycles. The zero-order chi connectivity index (χ0) is 11.2. The largest absolute Gasteiger partial charge is 0.447 e. The van der Waals surface area contributed by atoms with Crippen LogP contribution in [0, 0.1) is 19.0 Å². The smallest absolute Gasteiger partial charge is 0.110 e. The van der Waals surface area contributed by atoms with Crippen molar-refractivity contribution in [1.29, 1.82) is 0 Å². The Kier molecular flexibility index (Phi) is 12.8. The van der Waals surface area contributed by atoms with Gasteiger partial charge in [0, 0.05) is 6.42 Å². The van der Waals surface area contributed by atoms with Gasteiger partial charge >= 0.3 is 0 Å². The normalized spacial score (nSPS) is 9.47. The first-order valence-electron chi connectivity index (χ1n) is 6.30. The highest BCUT2D eigenvalue weighted by molar-refractivity contribution is 4.90. The maximum absolute atomic E-state index is 5.02. The Balaban J connectivity index is 2.99. The molecule has 0 aliphatic rings. The summed E-state index contributed by atoms with van der Waals surface area (Å²) in [5.41, 5.74) is 0. The average Bonchev–Trinajstić information content (AvgIpc) is 2.26. The monoisotopic (exact) mass is 209 g/mol. The molecule has 0 fully saturated rings. The van der Waals surface area contributed by atoms with Gasteiger partial charge in [0.25, 0.3) is 0 Å². The number of ether oxygens (including phenoxy) is 1. The summed E-state index contributed by atoms with van der Waals surface area (Å²) >= 11 is 0. The maximum atomic E-state index is 5.02. The lowest BCUT2D eigenvalue weighted by Gasteiger charge is -1.97. The average molecular weight is 209 g/mol. The summed E-state index contributed by atoms with van der Waals surface area (Å²) in [4.78, 5) is 0. The summed E-state index contributed by atoms with van der Waals surface area (Å²) in [5.74, 6) is 3.02. The third kappa shape index (κ3) is 13.4. The molecule has 87 valence electrons. The standard InChI is InChI=1S/C14H25O/c1-3-5-6-7-8-9-10-11-12-14-15-13-4-2/h2-11,13H2,1H3. The van der Waals surface area contributed by atoms with Crippen molar-refractivity contribution in [3.63, 3.8) is 0 Å². The molecular weight excluding hydrogens is 184 g/mol. The van der Waals surface area contributed by atoms with Gasteiger partial charge in [0.15, 0.2) is 0 Å². The molecule has 0 aromatic rings. The molecule has 0 atom stereocenters. The van der Waals surface area contributed by atoms with Gasteiger partial charge in [-0.2, -0.15) is 0 Å². The van der Waals surface area contributed by atoms with E-state index in [9.17, 15) is 0 Å². The molecule has 0 aliphatic heterocycles. The van der Waals surface area contributed by atoms with Crippen LogP contribution < -0.4 is 0 Å². The Hall–Kier alpha value is -0.640. The van der Waals surface area contributed by atoms with E-state index in [-0.39, 0.29) is 0 Å². The van der Waals surface area contributed by atoms with E-state index in [0.29, 0.717) is 6.61 Å². The van der Waals surface area contributed by atoms with Crippen LogP contribution in [-0.2, 0) is 4.74 Å². The molecule has 0 heterocycles. The van der Waals surface area contributed by atoms with E-state index in [0.717, 1.165) is 12.8 Å². The van der Waals surface area contributed by atoms with E-state index in [1.54, 1.807) is 0 Å². The second-order valence-corrected chi connectivity index (χ2v) is 3.85. The summed E-state index contributed by atoms with van der Waals surface area (Å²) in [6.45, 7) is 6.58. The third-order valence-electron chi connectivity index (χ3n) is 2.30. The molecule has 0 rings (SSSR count). The number of rotatable bonds is 9. The van der Waals surface area contributed by atoms with Crippen LogP contribution in [0.15, 0.2) is 0 Å². The van der Waals surface area contributed by atoms with Crippen molar-refractivity contribution >= 4 is 0 Å². The van der Waals surface area contributed by atoms with E-state index in [1.807, 2.05) is 0 Å². The fourth-order valence-corrected chi connectivity index (χ4v) is 1.40. The molecule has 0 aromatic heterocycles. The molecule has 0 aromatic carbocycles. The predicted octanol–water partition coefficient (Wildman–Crippen LogP) is 4.33. The summed E-state index contributed by atoms with van der Waals surface area (Å²) in [5, 5.41) is 0. The van der Waals surface area contributed by atoms with Gasteiger partial charge in [-0.05, 0) is 19.8 Å². The van der Waals surface area contributed by atoms with Gasteiger partial charge in [0.2, 0.25) is 0 Å². The van der Waals surface area contributed by atoms with Crippen molar-refractivity contribution in [3.05, 3.63) is 6.92 Å². The first-order valence-corrected chi connectivity index (χ1v) is 6.30. The minimum absolute atomic E-state index is 0.657. The molecule has 0 N–H and O–H groups in total. The maximum Gasteiger partial charge on any atom is 0.110 e. The van der Waals surface area contributed by atoms with Crippen LogP contribution in [0.3, 0.4) is 0 Å². The molecule has 0 amide bonds. The van der Waals surface area contributed by atoms with E-state index in [1.165, 1.54) is 44.9 Å². The first kappa shape index (κ1) is 14.4. The summed E-state index contributed by atoms with van der Waals surface area (Å²) < 4.78 is 5.02.